The van der Waals surface area contributed by atoms with Gasteiger partial charge < -0.3 is 5.32 Å². The van der Waals surface area contributed by atoms with Crippen LogP contribution in [0.1, 0.15) is 59.2 Å². The zero-order valence-corrected chi connectivity index (χ0v) is 25.9. The standard InChI is InChI=1S/C33H26F6N4OS2/c1-19-28(15-21-4-10-26(11-5-21)33(37,38)39)46-31(42-19)43(29(44)23-6-7-24-17-40-13-12-22(24)16-23)30-41-18-27(45-30)14-20-2-8-25(9-3-20)32(34,35)36/h2-11,16,18,40H,12-15,17H2,1H3. The zero-order chi connectivity index (χ0) is 32.6. The highest BCUT2D eigenvalue weighted by atomic mass is 32.1. The molecule has 1 amide bonds. The maximum Gasteiger partial charge on any atom is 0.416 e. The molecule has 0 unspecified atom stereocenters. The number of carbonyl (C=O) groups excluding carboxylic acids is 1. The zero-order valence-electron chi connectivity index (χ0n) is 24.3. The molecule has 3 heterocycles. The van der Waals surface area contributed by atoms with E-state index in [1.165, 1.54) is 51.8 Å². The molecule has 5 aromatic rings. The van der Waals surface area contributed by atoms with E-state index in [-0.39, 0.29) is 5.91 Å². The Labute approximate surface area is 268 Å². The molecular weight excluding hydrogens is 647 g/mol. The highest BCUT2D eigenvalue weighted by Crippen LogP contribution is 2.38. The first kappa shape index (κ1) is 31.9. The van der Waals surface area contributed by atoms with Crippen LogP contribution in [0.5, 0.6) is 0 Å². The van der Waals surface area contributed by atoms with Crippen LogP contribution in [0.3, 0.4) is 0 Å². The third-order valence-electron chi connectivity index (χ3n) is 7.65. The van der Waals surface area contributed by atoms with Gasteiger partial charge in [0.25, 0.3) is 5.91 Å². The fourth-order valence-electron chi connectivity index (χ4n) is 5.16. The van der Waals surface area contributed by atoms with Gasteiger partial charge in [0.2, 0.25) is 0 Å². The molecule has 1 N–H and O–H groups in total. The Kier molecular flexibility index (Phi) is 8.75. The number of aromatic nitrogens is 2. The fraction of sp³-hybridized carbons (Fsp3) is 0.242. The summed E-state index contributed by atoms with van der Waals surface area (Å²) >= 11 is 2.49. The van der Waals surface area contributed by atoms with Crippen molar-refractivity contribution in [1.82, 2.24) is 15.3 Å². The summed E-state index contributed by atoms with van der Waals surface area (Å²) in [5.41, 5.74) is 3.15. The summed E-state index contributed by atoms with van der Waals surface area (Å²) in [6.07, 6.45) is -5.84. The van der Waals surface area contributed by atoms with E-state index in [0.717, 1.165) is 58.1 Å². The molecule has 1 aliphatic rings. The van der Waals surface area contributed by atoms with Crippen LogP contribution < -0.4 is 10.2 Å². The second-order valence-corrected chi connectivity index (χ2v) is 13.1. The molecule has 1 aliphatic heterocycles. The average Bonchev–Trinajstić information content (AvgIpc) is 3.62. The number of thiazole rings is 2. The Morgan fingerprint density at radius 3 is 2.09 bits per heavy atom. The van der Waals surface area contributed by atoms with Crippen LogP contribution in [-0.2, 0) is 38.2 Å². The molecule has 6 rings (SSSR count). The van der Waals surface area contributed by atoms with E-state index >= 15 is 0 Å². The predicted molar refractivity (Wildman–Crippen MR) is 166 cm³/mol. The van der Waals surface area contributed by atoms with Crippen LogP contribution in [0, 0.1) is 6.92 Å². The maximum atomic E-state index is 14.2. The van der Waals surface area contributed by atoms with Crippen molar-refractivity contribution in [3.63, 3.8) is 0 Å². The summed E-state index contributed by atoms with van der Waals surface area (Å²) in [5.74, 6) is -0.341. The minimum atomic E-state index is -4.43. The summed E-state index contributed by atoms with van der Waals surface area (Å²) in [6, 6.07) is 15.4. The Hall–Kier alpha value is -4.07. The van der Waals surface area contributed by atoms with Crippen molar-refractivity contribution in [2.24, 2.45) is 0 Å². The number of amides is 1. The van der Waals surface area contributed by atoms with Crippen LogP contribution in [0.15, 0.2) is 72.9 Å². The third-order valence-corrected chi connectivity index (χ3v) is 9.78. The quantitative estimate of drug-likeness (QED) is 0.176. The first-order valence-electron chi connectivity index (χ1n) is 14.3. The normalized spacial score (nSPS) is 13.5. The van der Waals surface area contributed by atoms with Crippen molar-refractivity contribution in [1.29, 1.82) is 0 Å². The number of alkyl halides is 6. The summed E-state index contributed by atoms with van der Waals surface area (Å²) in [4.78, 5) is 26.4. The monoisotopic (exact) mass is 672 g/mol. The number of nitrogens with zero attached hydrogens (tertiary/aromatic N) is 3. The molecule has 13 heteroatoms. The largest absolute Gasteiger partial charge is 0.416 e. The van der Waals surface area contributed by atoms with Crippen LogP contribution >= 0.6 is 22.7 Å². The molecule has 0 fully saturated rings. The number of nitrogens with one attached hydrogen (secondary N) is 1. The van der Waals surface area contributed by atoms with Gasteiger partial charge in [-0.05, 0) is 78.5 Å². The van der Waals surface area contributed by atoms with E-state index in [9.17, 15) is 31.1 Å². The van der Waals surface area contributed by atoms with Gasteiger partial charge in [0.1, 0.15) is 0 Å². The topological polar surface area (TPSA) is 58.1 Å². The van der Waals surface area contributed by atoms with Gasteiger partial charge in [-0.3, -0.25) is 4.79 Å². The molecule has 2 aromatic heterocycles. The number of benzene rings is 3. The highest BCUT2D eigenvalue weighted by Gasteiger charge is 2.31. The lowest BCUT2D eigenvalue weighted by molar-refractivity contribution is -0.138. The van der Waals surface area contributed by atoms with Gasteiger partial charge in [-0.25, -0.2) is 14.9 Å². The van der Waals surface area contributed by atoms with Crippen molar-refractivity contribution < 1.29 is 31.1 Å². The van der Waals surface area contributed by atoms with Gasteiger partial charge in [0, 0.05) is 40.9 Å². The molecule has 0 radical (unpaired) electrons. The molecule has 3 aromatic carbocycles. The van der Waals surface area contributed by atoms with Crippen molar-refractivity contribution in [3.8, 4) is 0 Å². The van der Waals surface area contributed by atoms with E-state index < -0.39 is 23.5 Å². The molecule has 238 valence electrons. The van der Waals surface area contributed by atoms with Crippen LogP contribution in [0.25, 0.3) is 0 Å². The van der Waals surface area contributed by atoms with Gasteiger partial charge in [-0.1, -0.05) is 30.3 Å². The minimum absolute atomic E-state index is 0.319. The number of halogens is 6. The van der Waals surface area contributed by atoms with Crippen molar-refractivity contribution in [3.05, 3.63) is 127 Å². The average molecular weight is 673 g/mol. The fourth-order valence-corrected chi connectivity index (χ4v) is 7.26. The number of fused-ring (bicyclic) bond motifs is 1. The Bertz CT molecular complexity index is 1860. The van der Waals surface area contributed by atoms with Gasteiger partial charge in [-0.2, -0.15) is 26.3 Å². The first-order valence-corrected chi connectivity index (χ1v) is 15.9. The van der Waals surface area contributed by atoms with Gasteiger partial charge in [0.05, 0.1) is 16.8 Å². The molecule has 0 saturated heterocycles. The molecule has 0 spiro atoms. The SMILES string of the molecule is Cc1nc(N(C(=O)c2ccc3c(c2)CCNC3)c2ncc(Cc3ccc(C(F)(F)F)cc3)s2)sc1Cc1ccc(C(F)(F)F)cc1. The third kappa shape index (κ3) is 7.01. The second kappa shape index (κ2) is 12.6. The van der Waals surface area contributed by atoms with E-state index in [2.05, 4.69) is 10.3 Å². The van der Waals surface area contributed by atoms with Crippen LogP contribution in [-0.4, -0.2) is 22.4 Å². The Morgan fingerprint density at radius 2 is 1.46 bits per heavy atom. The summed E-state index contributed by atoms with van der Waals surface area (Å²) in [6.45, 7) is 3.30. The van der Waals surface area contributed by atoms with Gasteiger partial charge in [0.15, 0.2) is 10.3 Å². The molecule has 0 aliphatic carbocycles. The lowest BCUT2D eigenvalue weighted by Gasteiger charge is -2.20. The Morgan fingerprint density at radius 1 is 0.826 bits per heavy atom. The summed E-state index contributed by atoms with van der Waals surface area (Å²) < 4.78 is 78.3. The lowest BCUT2D eigenvalue weighted by Crippen LogP contribution is -2.27. The van der Waals surface area contributed by atoms with Crippen LogP contribution in [0.2, 0.25) is 0 Å². The summed E-state index contributed by atoms with van der Waals surface area (Å²) in [7, 11) is 0. The van der Waals surface area contributed by atoms with Crippen molar-refractivity contribution in [2.75, 3.05) is 11.4 Å². The molecule has 0 atom stereocenters. The molecule has 46 heavy (non-hydrogen) atoms. The Balaban J connectivity index is 1.32. The van der Waals surface area contributed by atoms with Crippen molar-refractivity contribution in [2.45, 2.75) is 45.1 Å². The highest BCUT2D eigenvalue weighted by molar-refractivity contribution is 7.18. The van der Waals surface area contributed by atoms with Crippen molar-refractivity contribution >= 4 is 38.8 Å². The van der Waals surface area contributed by atoms with E-state index in [1.807, 2.05) is 12.1 Å². The predicted octanol–water partition coefficient (Wildman–Crippen LogP) is 8.75. The van der Waals surface area contributed by atoms with Gasteiger partial charge >= 0.3 is 12.4 Å². The summed E-state index contributed by atoms with van der Waals surface area (Å²) in [5, 5.41) is 4.02. The number of aryl methyl sites for hydroxylation is 1. The molecule has 5 nitrogen and oxygen atoms in total. The number of carbonyl (C=O) groups is 1. The first-order chi connectivity index (χ1) is 21.8. The second-order valence-electron chi connectivity index (χ2n) is 10.9. The van der Waals surface area contributed by atoms with Gasteiger partial charge in [-0.15, -0.1) is 22.7 Å². The lowest BCUT2D eigenvalue weighted by atomic mass is 9.98. The molecule has 0 saturated carbocycles. The van der Waals surface area contributed by atoms with Crippen LogP contribution in [0.4, 0.5) is 36.6 Å². The van der Waals surface area contributed by atoms with E-state index in [4.69, 9.17) is 4.98 Å². The smallest absolute Gasteiger partial charge is 0.312 e. The molecular formula is C33H26F6N4OS2. The maximum absolute atomic E-state index is 14.2. The van der Waals surface area contributed by atoms with E-state index in [1.54, 1.807) is 19.2 Å². The number of hydrogen-bond donors (Lipinski definition) is 1. The number of anilines is 2. The minimum Gasteiger partial charge on any atom is -0.312 e. The van der Waals surface area contributed by atoms with E-state index in [0.29, 0.717) is 52.0 Å². The number of hydrogen-bond acceptors (Lipinski definition) is 6. The molecule has 0 bridgehead atoms. The number of rotatable bonds is 7.